The molecule has 6 aromatic carbocycles. The van der Waals surface area contributed by atoms with Crippen LogP contribution in [0.1, 0.15) is 16.7 Å². The van der Waals surface area contributed by atoms with Crippen LogP contribution in [0.15, 0.2) is 127 Å². The average Bonchev–Trinajstić information content (AvgIpc) is 2.89. The Hall–Kier alpha value is -3.94. The fourth-order valence-corrected chi connectivity index (χ4v) is 5.18. The molecule has 164 valence electrons. The van der Waals surface area contributed by atoms with Gasteiger partial charge in [-0.1, -0.05) is 127 Å². The van der Waals surface area contributed by atoms with Crippen LogP contribution in [-0.4, -0.2) is 4.90 Å². The summed E-state index contributed by atoms with van der Waals surface area (Å²) < 4.78 is 0. The zero-order valence-electron chi connectivity index (χ0n) is 19.2. The topological polar surface area (TPSA) is 3.24 Å². The van der Waals surface area contributed by atoms with Crippen molar-refractivity contribution >= 4 is 32.3 Å². The molecule has 0 radical (unpaired) electrons. The summed E-state index contributed by atoms with van der Waals surface area (Å²) in [6, 6.07) is 46.2. The van der Waals surface area contributed by atoms with E-state index in [0.29, 0.717) is 0 Å². The molecule has 0 spiro atoms. The molecular formula is C33H27N. The number of hydrogen-bond acceptors (Lipinski definition) is 1. The van der Waals surface area contributed by atoms with Crippen molar-refractivity contribution in [1.29, 1.82) is 0 Å². The van der Waals surface area contributed by atoms with Gasteiger partial charge >= 0.3 is 0 Å². The molecule has 1 heteroatoms. The van der Waals surface area contributed by atoms with Gasteiger partial charge in [0.1, 0.15) is 0 Å². The molecular weight excluding hydrogens is 410 g/mol. The highest BCUT2D eigenvalue weighted by molar-refractivity contribution is 5.87. The highest BCUT2D eigenvalue weighted by Gasteiger charge is 2.13. The predicted octanol–water partition coefficient (Wildman–Crippen LogP) is 8.35. The minimum Gasteiger partial charge on any atom is -0.291 e. The van der Waals surface area contributed by atoms with E-state index in [9.17, 15) is 0 Å². The summed E-state index contributed by atoms with van der Waals surface area (Å²) in [4.78, 5) is 2.59. The van der Waals surface area contributed by atoms with E-state index in [0.717, 1.165) is 19.6 Å². The van der Waals surface area contributed by atoms with Gasteiger partial charge in [-0.15, -0.1) is 0 Å². The molecule has 6 aromatic rings. The zero-order chi connectivity index (χ0) is 22.7. The van der Waals surface area contributed by atoms with E-state index in [-0.39, 0.29) is 0 Å². The standard InChI is InChI=1S/C33H27N/c1-4-19-31-25(10-1)13-7-16-28(31)22-34(23-29-17-8-14-26-11-2-5-20-32(26)29)24-30-18-9-15-27-12-3-6-21-33(27)30/h1-21H,22-24H2. The first-order chi connectivity index (χ1) is 16.8. The molecule has 0 amide bonds. The maximum Gasteiger partial charge on any atom is 0.0247 e. The Morgan fingerprint density at radius 3 is 0.971 bits per heavy atom. The Labute approximate surface area is 200 Å². The molecule has 0 saturated carbocycles. The van der Waals surface area contributed by atoms with Crippen molar-refractivity contribution in [3.05, 3.63) is 144 Å². The lowest BCUT2D eigenvalue weighted by Gasteiger charge is -2.25. The Kier molecular flexibility index (Phi) is 5.55. The number of benzene rings is 6. The van der Waals surface area contributed by atoms with E-state index >= 15 is 0 Å². The third-order valence-electron chi connectivity index (χ3n) is 6.82. The summed E-state index contributed by atoms with van der Waals surface area (Å²) in [5.74, 6) is 0. The number of fused-ring (bicyclic) bond motifs is 3. The number of rotatable bonds is 6. The van der Waals surface area contributed by atoms with Gasteiger partial charge in [-0.2, -0.15) is 0 Å². The van der Waals surface area contributed by atoms with E-state index in [4.69, 9.17) is 0 Å². The summed E-state index contributed by atoms with van der Waals surface area (Å²) >= 11 is 0. The van der Waals surface area contributed by atoms with Crippen molar-refractivity contribution in [2.75, 3.05) is 0 Å². The molecule has 0 unspecified atom stereocenters. The second-order valence-electron chi connectivity index (χ2n) is 9.06. The van der Waals surface area contributed by atoms with Crippen molar-refractivity contribution in [1.82, 2.24) is 4.90 Å². The van der Waals surface area contributed by atoms with Gasteiger partial charge in [-0.3, -0.25) is 4.90 Å². The minimum atomic E-state index is 0.897. The highest BCUT2D eigenvalue weighted by atomic mass is 15.1. The second kappa shape index (κ2) is 9.13. The molecule has 0 aliphatic heterocycles. The SMILES string of the molecule is c1ccc2c(CN(Cc3cccc4ccccc34)Cc3cccc4ccccc34)cccc2c1. The number of hydrogen-bond donors (Lipinski definition) is 0. The Bertz CT molecular complexity index is 1390. The Morgan fingerprint density at radius 2 is 0.618 bits per heavy atom. The second-order valence-corrected chi connectivity index (χ2v) is 9.06. The first-order valence-corrected chi connectivity index (χ1v) is 12.0. The third kappa shape index (κ3) is 4.07. The summed E-state index contributed by atoms with van der Waals surface area (Å²) in [5, 5.41) is 7.92. The van der Waals surface area contributed by atoms with Gasteiger partial charge in [-0.25, -0.2) is 0 Å². The Morgan fingerprint density at radius 1 is 0.324 bits per heavy atom. The van der Waals surface area contributed by atoms with Crippen LogP contribution in [0.25, 0.3) is 32.3 Å². The molecule has 0 aliphatic carbocycles. The average molecular weight is 438 g/mol. The smallest absolute Gasteiger partial charge is 0.0247 e. The van der Waals surface area contributed by atoms with Crippen LogP contribution in [0, 0.1) is 0 Å². The van der Waals surface area contributed by atoms with Crippen molar-refractivity contribution < 1.29 is 0 Å². The van der Waals surface area contributed by atoms with Crippen molar-refractivity contribution in [3.63, 3.8) is 0 Å². The van der Waals surface area contributed by atoms with E-state index in [2.05, 4.69) is 132 Å². The molecule has 6 rings (SSSR count). The predicted molar refractivity (Wildman–Crippen MR) is 145 cm³/mol. The van der Waals surface area contributed by atoms with E-state index in [1.54, 1.807) is 0 Å². The van der Waals surface area contributed by atoms with E-state index in [1.807, 2.05) is 0 Å². The van der Waals surface area contributed by atoms with Gasteiger partial charge in [0.25, 0.3) is 0 Å². The lowest BCUT2D eigenvalue weighted by atomic mass is 10.0. The molecule has 0 aliphatic rings. The fraction of sp³-hybridized carbons (Fsp3) is 0.0909. The van der Waals surface area contributed by atoms with Crippen LogP contribution < -0.4 is 0 Å². The molecule has 1 nitrogen and oxygen atoms in total. The van der Waals surface area contributed by atoms with Crippen LogP contribution >= 0.6 is 0 Å². The van der Waals surface area contributed by atoms with Gasteiger partial charge in [0, 0.05) is 19.6 Å². The molecule has 0 N–H and O–H groups in total. The maximum absolute atomic E-state index is 2.59. The molecule has 0 aromatic heterocycles. The summed E-state index contributed by atoms with van der Waals surface area (Å²) in [6.07, 6.45) is 0. The molecule has 0 saturated heterocycles. The molecule has 0 fully saturated rings. The third-order valence-corrected chi connectivity index (χ3v) is 6.82. The van der Waals surface area contributed by atoms with Crippen LogP contribution in [0.5, 0.6) is 0 Å². The number of nitrogens with zero attached hydrogens (tertiary/aromatic N) is 1. The summed E-state index contributed by atoms with van der Waals surface area (Å²) in [6.45, 7) is 2.69. The maximum atomic E-state index is 2.59. The van der Waals surface area contributed by atoms with Crippen LogP contribution in [0.3, 0.4) is 0 Å². The van der Waals surface area contributed by atoms with Gasteiger partial charge < -0.3 is 0 Å². The lowest BCUT2D eigenvalue weighted by Crippen LogP contribution is -2.23. The van der Waals surface area contributed by atoms with Gasteiger partial charge in [0.2, 0.25) is 0 Å². The van der Waals surface area contributed by atoms with Crippen molar-refractivity contribution in [2.45, 2.75) is 19.6 Å². The molecule has 0 atom stereocenters. The van der Waals surface area contributed by atoms with E-state index in [1.165, 1.54) is 49.0 Å². The largest absolute Gasteiger partial charge is 0.291 e. The first kappa shape index (κ1) is 20.7. The molecule has 0 heterocycles. The van der Waals surface area contributed by atoms with Gasteiger partial charge in [-0.05, 0) is 49.0 Å². The van der Waals surface area contributed by atoms with E-state index < -0.39 is 0 Å². The summed E-state index contributed by atoms with van der Waals surface area (Å²) in [7, 11) is 0. The van der Waals surface area contributed by atoms with Gasteiger partial charge in [0.15, 0.2) is 0 Å². The van der Waals surface area contributed by atoms with Crippen LogP contribution in [0.4, 0.5) is 0 Å². The monoisotopic (exact) mass is 437 g/mol. The van der Waals surface area contributed by atoms with Crippen LogP contribution in [0.2, 0.25) is 0 Å². The zero-order valence-corrected chi connectivity index (χ0v) is 19.2. The highest BCUT2D eigenvalue weighted by Crippen LogP contribution is 2.27. The molecule has 0 bridgehead atoms. The fourth-order valence-electron chi connectivity index (χ4n) is 5.18. The van der Waals surface area contributed by atoms with Gasteiger partial charge in [0.05, 0.1) is 0 Å². The Balaban J connectivity index is 1.42. The van der Waals surface area contributed by atoms with Crippen molar-refractivity contribution in [3.8, 4) is 0 Å². The normalized spacial score (nSPS) is 11.6. The summed E-state index contributed by atoms with van der Waals surface area (Å²) in [5.41, 5.74) is 4.12. The molecule has 34 heavy (non-hydrogen) atoms. The van der Waals surface area contributed by atoms with Crippen LogP contribution in [-0.2, 0) is 19.6 Å². The first-order valence-electron chi connectivity index (χ1n) is 12.0. The quantitative estimate of drug-likeness (QED) is 0.253. The lowest BCUT2D eigenvalue weighted by molar-refractivity contribution is 0.250. The minimum absolute atomic E-state index is 0.897. The van der Waals surface area contributed by atoms with Crippen molar-refractivity contribution in [2.24, 2.45) is 0 Å².